The molecule has 0 bridgehead atoms. The molecular weight excluding hydrogens is 492 g/mol. The van der Waals surface area contributed by atoms with E-state index in [0.717, 1.165) is 0 Å². The molecule has 0 aliphatic rings. The summed E-state index contributed by atoms with van der Waals surface area (Å²) in [4.78, 5) is 0. The zero-order valence-corrected chi connectivity index (χ0v) is 28.5. The van der Waals surface area contributed by atoms with Gasteiger partial charge in [0.05, 0.1) is 0 Å². The first-order chi connectivity index (χ1) is 20.1. The lowest BCUT2D eigenvalue weighted by molar-refractivity contribution is 1.32. The molecule has 3 aromatic carbocycles. The maximum Gasteiger partial charge on any atom is -0.00668 e. The van der Waals surface area contributed by atoms with Gasteiger partial charge in [0.2, 0.25) is 0 Å². The van der Waals surface area contributed by atoms with E-state index in [1.807, 2.05) is 61.5 Å². The molecule has 0 fully saturated rings. The minimum atomic E-state index is 1.17. The van der Waals surface area contributed by atoms with Crippen LogP contribution in [-0.4, -0.2) is 0 Å². The molecule has 222 valence electrons. The number of rotatable bonds is 7. The van der Waals surface area contributed by atoms with Gasteiger partial charge in [0, 0.05) is 0 Å². The third-order valence-corrected chi connectivity index (χ3v) is 6.00. The lowest BCUT2D eigenvalue weighted by Gasteiger charge is -2.26. The van der Waals surface area contributed by atoms with Gasteiger partial charge < -0.3 is 0 Å². The van der Waals surface area contributed by atoms with Crippen molar-refractivity contribution >= 4 is 11.1 Å². The highest BCUT2D eigenvalue weighted by Gasteiger charge is 2.23. The van der Waals surface area contributed by atoms with Gasteiger partial charge in [-0.3, -0.25) is 0 Å². The summed E-state index contributed by atoms with van der Waals surface area (Å²) in [7, 11) is 0. The quantitative estimate of drug-likeness (QED) is 0.257. The number of allylic oxidation sites excluding steroid dienone is 9. The number of hydrogen-bond donors (Lipinski definition) is 0. The second kappa shape index (κ2) is 24.2. The number of benzene rings is 3. The van der Waals surface area contributed by atoms with Crippen LogP contribution < -0.4 is 0 Å². The molecule has 41 heavy (non-hydrogen) atoms. The smallest absolute Gasteiger partial charge is 0.00668 e. The van der Waals surface area contributed by atoms with E-state index >= 15 is 0 Å². The van der Waals surface area contributed by atoms with Gasteiger partial charge in [0.15, 0.2) is 0 Å². The molecule has 3 aromatic rings. The molecule has 0 aromatic heterocycles. The highest BCUT2D eigenvalue weighted by molar-refractivity contribution is 5.99. The molecule has 0 heteroatoms. The highest BCUT2D eigenvalue weighted by atomic mass is 14.3. The van der Waals surface area contributed by atoms with Gasteiger partial charge in [-0.25, -0.2) is 0 Å². The van der Waals surface area contributed by atoms with Gasteiger partial charge in [-0.2, -0.15) is 0 Å². The van der Waals surface area contributed by atoms with Crippen molar-refractivity contribution in [1.29, 1.82) is 0 Å². The Labute approximate surface area is 255 Å². The molecule has 0 spiro atoms. The van der Waals surface area contributed by atoms with Gasteiger partial charge in [0.1, 0.15) is 0 Å². The molecule has 0 amide bonds. The van der Waals surface area contributed by atoms with Crippen LogP contribution in [0, 0.1) is 13.8 Å². The molecule has 0 unspecified atom stereocenters. The Morgan fingerprint density at radius 2 is 0.878 bits per heavy atom. The van der Waals surface area contributed by atoms with Crippen molar-refractivity contribution in [2.24, 2.45) is 0 Å². The fraction of sp³-hybridized carbons (Fsp3) is 0.317. The van der Waals surface area contributed by atoms with E-state index in [9.17, 15) is 0 Å². The van der Waals surface area contributed by atoms with Crippen molar-refractivity contribution in [3.8, 4) is 22.3 Å². The largest absolute Gasteiger partial charge is 0.0990 e. The standard InChI is InChI=1S/C33H34.4C2H6/c1-7-17-26(10-4)30-24(5)32(28-20-13-11-14-21-28)33(29-22-15-12-16-23-29)25(6)31(30)27(18-8-2)19-9-3;4*1-2/h7-23H,2H2,1,3-6H3;4*1-2H3/b17-7-,19-9-,26-10+,27-18+;;;;. The third kappa shape index (κ3) is 10.7. The highest BCUT2D eigenvalue weighted by Crippen LogP contribution is 2.45. The summed E-state index contributed by atoms with van der Waals surface area (Å²) >= 11 is 0. The molecule has 0 saturated carbocycles. The summed E-state index contributed by atoms with van der Waals surface area (Å²) in [6, 6.07) is 21.5. The predicted octanol–water partition coefficient (Wildman–Crippen LogP) is 13.9. The molecule has 0 nitrogen and oxygen atoms in total. The maximum absolute atomic E-state index is 4.00. The second-order valence-electron chi connectivity index (χ2n) is 8.08. The Bertz CT molecular complexity index is 1230. The topological polar surface area (TPSA) is 0 Å². The van der Waals surface area contributed by atoms with Crippen LogP contribution in [-0.2, 0) is 0 Å². The fourth-order valence-electron chi connectivity index (χ4n) is 4.69. The van der Waals surface area contributed by atoms with Crippen LogP contribution in [0.1, 0.15) is 98.4 Å². The Balaban J connectivity index is 0. The molecule has 0 aliphatic carbocycles. The first kappa shape index (κ1) is 39.5. The van der Waals surface area contributed by atoms with E-state index in [4.69, 9.17) is 0 Å². The third-order valence-electron chi connectivity index (χ3n) is 6.00. The summed E-state index contributed by atoms with van der Waals surface area (Å²) in [6.45, 7) is 30.8. The first-order valence-electron chi connectivity index (χ1n) is 15.6. The van der Waals surface area contributed by atoms with Crippen LogP contribution >= 0.6 is 0 Å². The summed E-state index contributed by atoms with van der Waals surface area (Å²) in [5, 5.41) is 0. The van der Waals surface area contributed by atoms with E-state index in [-0.39, 0.29) is 0 Å². The Morgan fingerprint density at radius 1 is 0.537 bits per heavy atom. The molecule has 0 aliphatic heterocycles. The SMILES string of the molecule is C=C/C=C(\C=C/C)c1c(C)c(-c2ccccc2)c(-c2ccccc2)c(C)c1C(/C=C\C)=C/C.CC.CC.CC.CC. The predicted molar refractivity (Wildman–Crippen MR) is 194 cm³/mol. The molecule has 0 atom stereocenters. The van der Waals surface area contributed by atoms with Gasteiger partial charge in [0.25, 0.3) is 0 Å². The van der Waals surface area contributed by atoms with Crippen LogP contribution in [0.15, 0.2) is 110 Å². The molecular formula is C41H58. The zero-order valence-electron chi connectivity index (χ0n) is 28.5. The van der Waals surface area contributed by atoms with Crippen LogP contribution in [0.25, 0.3) is 33.4 Å². The van der Waals surface area contributed by atoms with Crippen molar-refractivity contribution in [3.63, 3.8) is 0 Å². The molecule has 0 saturated heterocycles. The lowest BCUT2D eigenvalue weighted by atomic mass is 9.77. The zero-order chi connectivity index (χ0) is 31.8. The second-order valence-corrected chi connectivity index (χ2v) is 8.08. The van der Waals surface area contributed by atoms with Gasteiger partial charge in [-0.15, -0.1) is 0 Å². The van der Waals surface area contributed by atoms with Crippen molar-refractivity contribution in [2.45, 2.75) is 90.0 Å². The van der Waals surface area contributed by atoms with E-state index in [2.05, 4.69) is 138 Å². The van der Waals surface area contributed by atoms with E-state index < -0.39 is 0 Å². The maximum atomic E-state index is 4.00. The van der Waals surface area contributed by atoms with Crippen LogP contribution in [0.2, 0.25) is 0 Å². The summed E-state index contributed by atoms with van der Waals surface area (Å²) in [5.41, 5.74) is 12.5. The van der Waals surface area contributed by atoms with Gasteiger partial charge in [-0.05, 0) is 90.3 Å². The molecule has 3 rings (SSSR count). The molecule has 0 N–H and O–H groups in total. The first-order valence-corrected chi connectivity index (χ1v) is 15.6. The normalized spacial score (nSPS) is 10.8. The minimum absolute atomic E-state index is 1.17. The molecule has 0 heterocycles. The van der Waals surface area contributed by atoms with Crippen molar-refractivity contribution in [2.75, 3.05) is 0 Å². The average Bonchev–Trinajstić information content (AvgIpc) is 3.05. The van der Waals surface area contributed by atoms with Crippen molar-refractivity contribution in [3.05, 3.63) is 132 Å². The monoisotopic (exact) mass is 550 g/mol. The van der Waals surface area contributed by atoms with Crippen LogP contribution in [0.3, 0.4) is 0 Å². The van der Waals surface area contributed by atoms with E-state index in [1.54, 1.807) is 0 Å². The molecule has 0 radical (unpaired) electrons. The Kier molecular flexibility index (Phi) is 23.3. The minimum Gasteiger partial charge on any atom is -0.0990 e. The Hall–Kier alpha value is -3.64. The Morgan fingerprint density at radius 3 is 1.20 bits per heavy atom. The fourth-order valence-corrected chi connectivity index (χ4v) is 4.69. The van der Waals surface area contributed by atoms with Crippen molar-refractivity contribution in [1.82, 2.24) is 0 Å². The average molecular weight is 551 g/mol. The summed E-state index contributed by atoms with van der Waals surface area (Å²) < 4.78 is 0. The van der Waals surface area contributed by atoms with Crippen LogP contribution in [0.5, 0.6) is 0 Å². The van der Waals surface area contributed by atoms with Crippen molar-refractivity contribution < 1.29 is 0 Å². The van der Waals surface area contributed by atoms with E-state index in [1.165, 1.54) is 55.7 Å². The summed E-state index contributed by atoms with van der Waals surface area (Å²) in [6.07, 6.45) is 14.8. The van der Waals surface area contributed by atoms with Gasteiger partial charge >= 0.3 is 0 Å². The van der Waals surface area contributed by atoms with E-state index in [0.29, 0.717) is 0 Å². The summed E-state index contributed by atoms with van der Waals surface area (Å²) in [5.74, 6) is 0. The van der Waals surface area contributed by atoms with Gasteiger partial charge in [-0.1, -0.05) is 165 Å². The lowest BCUT2D eigenvalue weighted by Crippen LogP contribution is -2.05. The number of hydrogen-bond acceptors (Lipinski definition) is 0. The van der Waals surface area contributed by atoms with Crippen LogP contribution in [0.4, 0.5) is 0 Å².